The fourth-order valence-electron chi connectivity index (χ4n) is 1.56. The predicted molar refractivity (Wildman–Crippen MR) is 67.2 cm³/mol. The molecule has 0 aliphatic rings. The largest absolute Gasteiger partial charge is 0.437 e. The van der Waals surface area contributed by atoms with Gasteiger partial charge in [-0.2, -0.15) is 0 Å². The van der Waals surface area contributed by atoms with Crippen molar-refractivity contribution in [3.05, 3.63) is 47.9 Å². The van der Waals surface area contributed by atoms with E-state index in [9.17, 15) is 0 Å². The van der Waals surface area contributed by atoms with Gasteiger partial charge in [0.15, 0.2) is 0 Å². The minimum absolute atomic E-state index is 0.293. The highest BCUT2D eigenvalue weighted by Gasteiger charge is 2.06. The van der Waals surface area contributed by atoms with Crippen LogP contribution in [-0.2, 0) is 17.9 Å². The summed E-state index contributed by atoms with van der Waals surface area (Å²) in [5.41, 5.74) is 7.25. The maximum absolute atomic E-state index is 5.68. The molecule has 0 aliphatic heterocycles. The fourth-order valence-corrected chi connectivity index (χ4v) is 1.56. The van der Waals surface area contributed by atoms with E-state index in [1.54, 1.807) is 19.5 Å². The van der Waals surface area contributed by atoms with Crippen molar-refractivity contribution >= 4 is 0 Å². The van der Waals surface area contributed by atoms with E-state index >= 15 is 0 Å². The zero-order chi connectivity index (χ0) is 12.8. The zero-order valence-electron chi connectivity index (χ0n) is 10.2. The Labute approximate surface area is 106 Å². The first-order valence-corrected chi connectivity index (χ1v) is 5.59. The van der Waals surface area contributed by atoms with E-state index in [2.05, 4.69) is 9.97 Å². The van der Waals surface area contributed by atoms with Crippen molar-refractivity contribution in [2.45, 2.75) is 13.2 Å². The van der Waals surface area contributed by atoms with Crippen molar-refractivity contribution in [2.75, 3.05) is 7.11 Å². The number of ether oxygens (including phenoxy) is 2. The fraction of sp³-hybridized carbons (Fsp3) is 0.231. The highest BCUT2D eigenvalue weighted by atomic mass is 16.5. The molecule has 1 aromatic heterocycles. The molecule has 0 amide bonds. The van der Waals surface area contributed by atoms with Crippen LogP contribution in [0.4, 0.5) is 0 Å². The Kier molecular flexibility index (Phi) is 4.22. The third-order valence-electron chi connectivity index (χ3n) is 2.35. The van der Waals surface area contributed by atoms with E-state index in [1.165, 1.54) is 0 Å². The Hall–Kier alpha value is -1.98. The van der Waals surface area contributed by atoms with E-state index in [0.29, 0.717) is 30.5 Å². The SMILES string of the molecule is COCc1cccc(Oc2nccnc2CN)c1. The smallest absolute Gasteiger partial charge is 0.242 e. The molecule has 2 rings (SSSR count). The first-order chi connectivity index (χ1) is 8.83. The minimum atomic E-state index is 0.293. The van der Waals surface area contributed by atoms with E-state index < -0.39 is 0 Å². The van der Waals surface area contributed by atoms with Crippen LogP contribution in [0.3, 0.4) is 0 Å². The molecule has 0 radical (unpaired) electrons. The van der Waals surface area contributed by atoms with Crippen LogP contribution in [0, 0.1) is 0 Å². The van der Waals surface area contributed by atoms with Gasteiger partial charge in [-0.1, -0.05) is 12.1 Å². The summed E-state index contributed by atoms with van der Waals surface area (Å²) in [5, 5.41) is 0. The van der Waals surface area contributed by atoms with Gasteiger partial charge in [0.25, 0.3) is 0 Å². The molecule has 1 aromatic carbocycles. The van der Waals surface area contributed by atoms with E-state index in [1.807, 2.05) is 24.3 Å². The van der Waals surface area contributed by atoms with Gasteiger partial charge in [-0.15, -0.1) is 0 Å². The van der Waals surface area contributed by atoms with Gasteiger partial charge in [-0.3, -0.25) is 4.98 Å². The Bertz CT molecular complexity index is 517. The molecule has 5 nitrogen and oxygen atoms in total. The average Bonchev–Trinajstić information content (AvgIpc) is 2.40. The van der Waals surface area contributed by atoms with Crippen LogP contribution >= 0.6 is 0 Å². The van der Waals surface area contributed by atoms with Crippen LogP contribution in [0.25, 0.3) is 0 Å². The molecular weight excluding hydrogens is 230 g/mol. The van der Waals surface area contributed by atoms with Crippen molar-refractivity contribution < 1.29 is 9.47 Å². The lowest BCUT2D eigenvalue weighted by Crippen LogP contribution is -2.03. The maximum Gasteiger partial charge on any atom is 0.242 e. The Morgan fingerprint density at radius 3 is 2.83 bits per heavy atom. The van der Waals surface area contributed by atoms with Gasteiger partial charge in [0.05, 0.1) is 6.61 Å². The molecule has 0 saturated carbocycles. The van der Waals surface area contributed by atoms with Gasteiger partial charge in [0, 0.05) is 26.0 Å². The number of methoxy groups -OCH3 is 1. The quantitative estimate of drug-likeness (QED) is 0.870. The average molecular weight is 245 g/mol. The van der Waals surface area contributed by atoms with Crippen molar-refractivity contribution in [1.82, 2.24) is 9.97 Å². The van der Waals surface area contributed by atoms with Crippen LogP contribution in [-0.4, -0.2) is 17.1 Å². The minimum Gasteiger partial charge on any atom is -0.437 e. The molecule has 0 aliphatic carbocycles. The molecule has 2 N–H and O–H groups in total. The van der Waals surface area contributed by atoms with E-state index in [-0.39, 0.29) is 0 Å². The zero-order valence-corrected chi connectivity index (χ0v) is 10.2. The molecule has 0 atom stereocenters. The third kappa shape index (κ3) is 3.03. The van der Waals surface area contributed by atoms with E-state index in [0.717, 1.165) is 5.56 Å². The number of nitrogens with two attached hydrogens (primary N) is 1. The van der Waals surface area contributed by atoms with Crippen molar-refractivity contribution in [2.24, 2.45) is 5.73 Å². The molecule has 0 saturated heterocycles. The molecule has 2 aromatic rings. The lowest BCUT2D eigenvalue weighted by Gasteiger charge is -2.08. The molecule has 94 valence electrons. The van der Waals surface area contributed by atoms with Crippen LogP contribution in [0.2, 0.25) is 0 Å². The Balaban J connectivity index is 2.20. The van der Waals surface area contributed by atoms with Crippen LogP contribution < -0.4 is 10.5 Å². The summed E-state index contributed by atoms with van der Waals surface area (Å²) in [6.45, 7) is 0.836. The van der Waals surface area contributed by atoms with Crippen molar-refractivity contribution in [3.8, 4) is 11.6 Å². The summed E-state index contributed by atoms with van der Waals surface area (Å²) in [6, 6.07) is 7.63. The summed E-state index contributed by atoms with van der Waals surface area (Å²) in [4.78, 5) is 8.24. The maximum atomic E-state index is 5.68. The molecule has 0 bridgehead atoms. The van der Waals surface area contributed by atoms with Gasteiger partial charge in [-0.05, 0) is 17.7 Å². The standard InChI is InChI=1S/C13H15N3O2/c1-17-9-10-3-2-4-11(7-10)18-13-12(8-14)15-5-6-16-13/h2-7H,8-9,14H2,1H3. The van der Waals surface area contributed by atoms with Gasteiger partial charge in [0.2, 0.25) is 5.88 Å². The number of nitrogens with zero attached hydrogens (tertiary/aromatic N) is 2. The van der Waals surface area contributed by atoms with Crippen LogP contribution in [0.1, 0.15) is 11.3 Å². The van der Waals surface area contributed by atoms with Crippen molar-refractivity contribution in [1.29, 1.82) is 0 Å². The molecule has 0 unspecified atom stereocenters. The van der Waals surface area contributed by atoms with Gasteiger partial charge < -0.3 is 15.2 Å². The number of hydrogen-bond donors (Lipinski definition) is 1. The van der Waals surface area contributed by atoms with Gasteiger partial charge in [0.1, 0.15) is 11.4 Å². The summed E-state index contributed by atoms with van der Waals surface area (Å²) < 4.78 is 10.8. The van der Waals surface area contributed by atoms with Crippen molar-refractivity contribution in [3.63, 3.8) is 0 Å². The first-order valence-electron chi connectivity index (χ1n) is 5.59. The topological polar surface area (TPSA) is 70.3 Å². The summed E-state index contributed by atoms with van der Waals surface area (Å²) in [6.07, 6.45) is 3.17. The molecule has 5 heteroatoms. The molecule has 0 spiro atoms. The summed E-state index contributed by atoms with van der Waals surface area (Å²) in [5.74, 6) is 1.13. The first kappa shape index (κ1) is 12.5. The van der Waals surface area contributed by atoms with Crippen LogP contribution in [0.5, 0.6) is 11.6 Å². The van der Waals surface area contributed by atoms with Gasteiger partial charge in [-0.25, -0.2) is 4.98 Å². The third-order valence-corrected chi connectivity index (χ3v) is 2.35. The molecule has 18 heavy (non-hydrogen) atoms. The molecule has 1 heterocycles. The summed E-state index contributed by atoms with van der Waals surface area (Å²) in [7, 11) is 1.66. The Morgan fingerprint density at radius 2 is 2.06 bits per heavy atom. The van der Waals surface area contributed by atoms with Crippen LogP contribution in [0.15, 0.2) is 36.7 Å². The number of aromatic nitrogens is 2. The summed E-state index contributed by atoms with van der Waals surface area (Å²) >= 11 is 0. The highest BCUT2D eigenvalue weighted by molar-refractivity contribution is 5.32. The predicted octanol–water partition coefficient (Wildman–Crippen LogP) is 1.87. The second kappa shape index (κ2) is 6.09. The molecule has 0 fully saturated rings. The van der Waals surface area contributed by atoms with E-state index in [4.69, 9.17) is 15.2 Å². The monoisotopic (exact) mass is 245 g/mol. The highest BCUT2D eigenvalue weighted by Crippen LogP contribution is 2.22. The normalized spacial score (nSPS) is 10.3. The second-order valence-electron chi connectivity index (χ2n) is 3.69. The van der Waals surface area contributed by atoms with Gasteiger partial charge >= 0.3 is 0 Å². The number of rotatable bonds is 5. The number of benzene rings is 1. The molecular formula is C13H15N3O2. The Morgan fingerprint density at radius 1 is 1.22 bits per heavy atom. The second-order valence-corrected chi connectivity index (χ2v) is 3.69. The number of hydrogen-bond acceptors (Lipinski definition) is 5. The lowest BCUT2D eigenvalue weighted by molar-refractivity contribution is 0.184. The lowest BCUT2D eigenvalue weighted by atomic mass is 10.2.